The molecule has 0 saturated carbocycles. The molecule has 25 heavy (non-hydrogen) atoms. The molecule has 0 saturated heterocycles. The van der Waals surface area contributed by atoms with Crippen LogP contribution in [0.5, 0.6) is 0 Å². The molecule has 0 amide bonds. The van der Waals surface area contributed by atoms with Gasteiger partial charge in [-0.25, -0.2) is 4.79 Å². The first kappa shape index (κ1) is 17.0. The van der Waals surface area contributed by atoms with Crippen LogP contribution in [0.1, 0.15) is 0 Å². The van der Waals surface area contributed by atoms with Gasteiger partial charge in [-0.2, -0.15) is 0 Å². The van der Waals surface area contributed by atoms with E-state index in [0.29, 0.717) is 0 Å². The molecule has 3 aromatic carbocycles. The molecule has 0 spiro atoms. The average Bonchev–Trinajstić information content (AvgIpc) is 2.71. The number of rotatable bonds is 3. The lowest BCUT2D eigenvalue weighted by Crippen LogP contribution is -2.30. The SMILES string of the molecule is COC(=O)C#C[P+](c1ccccc1)(c1ccccc1)c1ccccc1. The molecule has 0 aliphatic heterocycles. The number of carbonyl (C=O) groups is 1. The van der Waals surface area contributed by atoms with Crippen LogP contribution in [-0.4, -0.2) is 13.1 Å². The van der Waals surface area contributed by atoms with E-state index in [9.17, 15) is 4.79 Å². The molecule has 0 aliphatic carbocycles. The van der Waals surface area contributed by atoms with Crippen molar-refractivity contribution < 1.29 is 9.53 Å². The molecule has 2 nitrogen and oxygen atoms in total. The Kier molecular flexibility index (Phi) is 5.29. The van der Waals surface area contributed by atoms with Crippen LogP contribution in [-0.2, 0) is 9.53 Å². The minimum Gasteiger partial charge on any atom is -0.459 e. The van der Waals surface area contributed by atoms with Gasteiger partial charge in [0.1, 0.15) is 21.6 Å². The van der Waals surface area contributed by atoms with Crippen molar-refractivity contribution in [3.63, 3.8) is 0 Å². The van der Waals surface area contributed by atoms with Crippen molar-refractivity contribution in [2.24, 2.45) is 0 Å². The Morgan fingerprint density at radius 1 is 0.720 bits per heavy atom. The van der Waals surface area contributed by atoms with Crippen molar-refractivity contribution >= 4 is 29.1 Å². The Morgan fingerprint density at radius 2 is 1.08 bits per heavy atom. The molecule has 122 valence electrons. The predicted octanol–water partition coefficient (Wildman–Crippen LogP) is 3.11. The van der Waals surface area contributed by atoms with Gasteiger partial charge in [-0.15, -0.1) is 0 Å². The van der Waals surface area contributed by atoms with E-state index in [1.54, 1.807) is 0 Å². The van der Waals surface area contributed by atoms with E-state index in [0.717, 1.165) is 15.9 Å². The Bertz CT molecular complexity index is 798. The first-order valence-electron chi connectivity index (χ1n) is 7.94. The van der Waals surface area contributed by atoms with E-state index in [2.05, 4.69) is 48.0 Å². The van der Waals surface area contributed by atoms with Gasteiger partial charge in [0.25, 0.3) is 0 Å². The van der Waals surface area contributed by atoms with Crippen LogP contribution in [0.2, 0.25) is 0 Å². The quantitative estimate of drug-likeness (QED) is 0.414. The maximum absolute atomic E-state index is 11.8. The third-order valence-electron chi connectivity index (χ3n) is 3.94. The first-order valence-corrected chi connectivity index (χ1v) is 9.73. The van der Waals surface area contributed by atoms with Crippen molar-refractivity contribution in [2.45, 2.75) is 0 Å². The van der Waals surface area contributed by atoms with Crippen LogP contribution in [0.25, 0.3) is 0 Å². The zero-order valence-electron chi connectivity index (χ0n) is 13.9. The maximum Gasteiger partial charge on any atom is 0.387 e. The lowest BCUT2D eigenvalue weighted by molar-refractivity contribution is -0.133. The fourth-order valence-corrected chi connectivity index (χ4v) is 6.17. The smallest absolute Gasteiger partial charge is 0.387 e. The van der Waals surface area contributed by atoms with Crippen LogP contribution in [0.4, 0.5) is 0 Å². The highest BCUT2D eigenvalue weighted by atomic mass is 31.2. The van der Waals surface area contributed by atoms with E-state index in [4.69, 9.17) is 4.74 Å². The van der Waals surface area contributed by atoms with Crippen molar-refractivity contribution in [1.29, 1.82) is 0 Å². The number of methoxy groups -OCH3 is 1. The fraction of sp³-hybridized carbons (Fsp3) is 0.0455. The normalized spacial score (nSPS) is 10.4. The van der Waals surface area contributed by atoms with E-state index in [1.807, 2.05) is 54.6 Å². The minimum absolute atomic E-state index is 0.521. The summed E-state index contributed by atoms with van der Waals surface area (Å²) < 4.78 is 4.76. The van der Waals surface area contributed by atoms with Crippen LogP contribution < -0.4 is 15.9 Å². The summed E-state index contributed by atoms with van der Waals surface area (Å²) in [7, 11) is -0.930. The molecule has 0 fully saturated rings. The molecule has 3 rings (SSSR count). The van der Waals surface area contributed by atoms with Gasteiger partial charge < -0.3 is 4.74 Å². The van der Waals surface area contributed by atoms with Gasteiger partial charge in [-0.05, 0) is 36.4 Å². The van der Waals surface area contributed by atoms with Crippen molar-refractivity contribution in [1.82, 2.24) is 0 Å². The molecule has 0 N–H and O–H groups in total. The molecule has 0 aromatic heterocycles. The van der Waals surface area contributed by atoms with E-state index in [1.165, 1.54) is 7.11 Å². The summed E-state index contributed by atoms with van der Waals surface area (Å²) in [6, 6.07) is 30.5. The zero-order chi connectivity index (χ0) is 17.5. The fourth-order valence-electron chi connectivity index (χ4n) is 2.78. The van der Waals surface area contributed by atoms with Gasteiger partial charge in [0, 0.05) is 0 Å². The minimum atomic E-state index is -2.28. The summed E-state index contributed by atoms with van der Waals surface area (Å²) in [6.07, 6.45) is 0. The van der Waals surface area contributed by atoms with Gasteiger partial charge in [-0.1, -0.05) is 54.6 Å². The standard InChI is InChI=1S/C22H18O2P/c1-24-22(23)17-18-25(19-11-5-2-6-12-19,20-13-7-3-8-14-20)21-15-9-4-10-16-21/h2-16H,1H3/q+1. The highest BCUT2D eigenvalue weighted by molar-refractivity contribution is 7.99. The summed E-state index contributed by atoms with van der Waals surface area (Å²) in [5.41, 5.74) is 3.32. The maximum atomic E-state index is 11.8. The van der Waals surface area contributed by atoms with Gasteiger partial charge >= 0.3 is 5.97 Å². The van der Waals surface area contributed by atoms with Crippen LogP contribution in [0.3, 0.4) is 0 Å². The summed E-state index contributed by atoms with van der Waals surface area (Å²) in [5, 5.41) is 3.34. The Morgan fingerprint density at radius 3 is 1.40 bits per heavy atom. The number of esters is 1. The van der Waals surface area contributed by atoms with Crippen LogP contribution in [0, 0.1) is 11.6 Å². The first-order chi connectivity index (χ1) is 12.3. The third kappa shape index (κ3) is 3.48. The molecule has 0 unspecified atom stereocenters. The predicted molar refractivity (Wildman–Crippen MR) is 105 cm³/mol. The topological polar surface area (TPSA) is 26.3 Å². The van der Waals surface area contributed by atoms with Crippen LogP contribution in [0.15, 0.2) is 91.0 Å². The number of carbonyl (C=O) groups excluding carboxylic acids is 1. The van der Waals surface area contributed by atoms with Gasteiger partial charge in [-0.3, -0.25) is 0 Å². The van der Waals surface area contributed by atoms with E-state index < -0.39 is 13.2 Å². The summed E-state index contributed by atoms with van der Waals surface area (Å²) in [5.74, 6) is 2.19. The van der Waals surface area contributed by atoms with Crippen molar-refractivity contribution in [3.05, 3.63) is 91.0 Å². The molecule has 0 bridgehead atoms. The molecule has 3 aromatic rings. The number of hydrogen-bond donors (Lipinski definition) is 0. The molecule has 0 radical (unpaired) electrons. The van der Waals surface area contributed by atoms with Gasteiger partial charge in [0.05, 0.1) is 13.0 Å². The van der Waals surface area contributed by atoms with E-state index in [-0.39, 0.29) is 0 Å². The summed E-state index contributed by atoms with van der Waals surface area (Å²) >= 11 is 0. The zero-order valence-corrected chi connectivity index (χ0v) is 14.8. The van der Waals surface area contributed by atoms with Gasteiger partial charge in [0.15, 0.2) is 7.26 Å². The highest BCUT2D eigenvalue weighted by Gasteiger charge is 2.44. The average molecular weight is 345 g/mol. The van der Waals surface area contributed by atoms with E-state index >= 15 is 0 Å². The molecule has 3 heteroatoms. The number of ether oxygens (including phenoxy) is 1. The largest absolute Gasteiger partial charge is 0.459 e. The Hall–Kier alpha value is -2.88. The molecular formula is C22H18O2P+. The van der Waals surface area contributed by atoms with Crippen molar-refractivity contribution in [3.8, 4) is 11.6 Å². The summed E-state index contributed by atoms with van der Waals surface area (Å²) in [6.45, 7) is 0. The third-order valence-corrected chi connectivity index (χ3v) is 7.61. The second-order valence-corrected chi connectivity index (χ2v) is 8.52. The lowest BCUT2D eigenvalue weighted by Gasteiger charge is -2.20. The number of hydrogen-bond acceptors (Lipinski definition) is 2. The highest BCUT2D eigenvalue weighted by Crippen LogP contribution is 2.54. The summed E-state index contributed by atoms with van der Waals surface area (Å²) in [4.78, 5) is 11.8. The molecule has 0 heterocycles. The van der Waals surface area contributed by atoms with Gasteiger partial charge in [0.2, 0.25) is 0 Å². The molecule has 0 aliphatic rings. The number of benzene rings is 3. The second-order valence-electron chi connectivity index (χ2n) is 5.41. The van der Waals surface area contributed by atoms with Crippen molar-refractivity contribution in [2.75, 3.05) is 7.11 Å². The molecule has 0 atom stereocenters. The second kappa shape index (κ2) is 7.79. The monoisotopic (exact) mass is 345 g/mol. The lowest BCUT2D eigenvalue weighted by atomic mass is 10.4. The molecular weight excluding hydrogens is 327 g/mol. The van der Waals surface area contributed by atoms with Crippen LogP contribution >= 0.6 is 7.26 Å². The Labute approximate surface area is 148 Å². The Balaban J connectivity index is 2.35.